The summed E-state index contributed by atoms with van der Waals surface area (Å²) < 4.78 is 5.75. The maximum atomic E-state index is 12.3. The molecule has 0 aliphatic carbocycles. The largest absolute Gasteiger partial charge is 0.457 e. The van der Waals surface area contributed by atoms with E-state index in [2.05, 4.69) is 5.32 Å². The van der Waals surface area contributed by atoms with Crippen LogP contribution in [0.25, 0.3) is 0 Å². The van der Waals surface area contributed by atoms with Crippen LogP contribution in [0.5, 0.6) is 11.5 Å². The van der Waals surface area contributed by atoms with Crippen molar-refractivity contribution < 1.29 is 14.3 Å². The molecule has 4 rings (SSSR count). The van der Waals surface area contributed by atoms with Gasteiger partial charge in [0.25, 0.3) is 0 Å². The van der Waals surface area contributed by atoms with E-state index in [0.29, 0.717) is 12.2 Å². The molecule has 146 valence electrons. The van der Waals surface area contributed by atoms with Crippen LogP contribution in [0, 0.1) is 0 Å². The van der Waals surface area contributed by atoms with Gasteiger partial charge in [-0.05, 0) is 60.5 Å². The number of carbonyl (C=O) groups is 2. The number of amides is 2. The lowest BCUT2D eigenvalue weighted by Gasteiger charge is -2.15. The zero-order valence-corrected chi connectivity index (χ0v) is 16.0. The molecular weight excluding hydrogens is 364 g/mol. The van der Waals surface area contributed by atoms with E-state index >= 15 is 0 Å². The molecule has 3 aromatic rings. The summed E-state index contributed by atoms with van der Waals surface area (Å²) in [6.07, 6.45) is 1.79. The molecule has 0 atom stereocenters. The van der Waals surface area contributed by atoms with Crippen molar-refractivity contribution >= 4 is 23.2 Å². The number of benzene rings is 3. The van der Waals surface area contributed by atoms with Crippen LogP contribution < -0.4 is 15.0 Å². The smallest absolute Gasteiger partial charge is 0.228 e. The zero-order chi connectivity index (χ0) is 20.1. The zero-order valence-electron chi connectivity index (χ0n) is 16.0. The Balaban J connectivity index is 1.31. The van der Waals surface area contributed by atoms with Gasteiger partial charge in [0.2, 0.25) is 11.8 Å². The summed E-state index contributed by atoms with van der Waals surface area (Å²) in [6.45, 7) is 0.767. The standard InChI is InChI=1S/C24H22N2O3/c27-23(17-18-8-12-20(13-9-18)26-16-4-7-24(26)28)25-19-10-14-22(15-11-19)29-21-5-2-1-3-6-21/h1-3,5-6,8-15H,4,7,16-17H2,(H,25,27). The Kier molecular flexibility index (Phi) is 5.56. The number of anilines is 2. The second-order valence-electron chi connectivity index (χ2n) is 6.98. The molecule has 1 N–H and O–H groups in total. The van der Waals surface area contributed by atoms with Crippen LogP contribution in [0.4, 0.5) is 11.4 Å². The van der Waals surface area contributed by atoms with Gasteiger partial charge in [0, 0.05) is 24.3 Å². The van der Waals surface area contributed by atoms with Gasteiger partial charge in [0.15, 0.2) is 0 Å². The van der Waals surface area contributed by atoms with Gasteiger partial charge in [0.1, 0.15) is 11.5 Å². The minimum Gasteiger partial charge on any atom is -0.457 e. The average Bonchev–Trinajstić information content (AvgIpc) is 3.17. The third-order valence-electron chi connectivity index (χ3n) is 4.80. The number of rotatable bonds is 6. The predicted molar refractivity (Wildman–Crippen MR) is 113 cm³/mol. The summed E-state index contributed by atoms with van der Waals surface area (Å²) in [5.74, 6) is 1.55. The summed E-state index contributed by atoms with van der Waals surface area (Å²) >= 11 is 0. The van der Waals surface area contributed by atoms with Crippen LogP contribution >= 0.6 is 0 Å². The van der Waals surface area contributed by atoms with E-state index in [4.69, 9.17) is 4.74 Å². The Morgan fingerprint density at radius 3 is 2.24 bits per heavy atom. The number of ether oxygens (including phenoxy) is 1. The monoisotopic (exact) mass is 386 g/mol. The first kappa shape index (κ1) is 18.7. The lowest BCUT2D eigenvalue weighted by molar-refractivity contribution is -0.117. The molecular formula is C24H22N2O3. The number of nitrogens with zero attached hydrogens (tertiary/aromatic N) is 1. The highest BCUT2D eigenvalue weighted by molar-refractivity contribution is 5.95. The first-order chi connectivity index (χ1) is 14.2. The molecule has 1 heterocycles. The Bertz CT molecular complexity index is 983. The molecule has 3 aromatic carbocycles. The van der Waals surface area contributed by atoms with Crippen LogP contribution in [0.1, 0.15) is 18.4 Å². The van der Waals surface area contributed by atoms with Crippen molar-refractivity contribution in [3.05, 3.63) is 84.4 Å². The Hall–Kier alpha value is -3.60. The van der Waals surface area contributed by atoms with Gasteiger partial charge in [0.05, 0.1) is 6.42 Å². The SMILES string of the molecule is O=C(Cc1ccc(N2CCCC2=O)cc1)Nc1ccc(Oc2ccccc2)cc1. The third-order valence-corrected chi connectivity index (χ3v) is 4.80. The summed E-state index contributed by atoms with van der Waals surface area (Å²) in [7, 11) is 0. The van der Waals surface area contributed by atoms with Crippen LogP contribution in [0.15, 0.2) is 78.9 Å². The maximum absolute atomic E-state index is 12.3. The molecule has 0 bridgehead atoms. The molecule has 29 heavy (non-hydrogen) atoms. The van der Waals surface area contributed by atoms with Crippen LogP contribution in [-0.2, 0) is 16.0 Å². The van der Waals surface area contributed by atoms with Crippen molar-refractivity contribution in [1.29, 1.82) is 0 Å². The summed E-state index contributed by atoms with van der Waals surface area (Å²) in [6, 6.07) is 24.4. The van der Waals surface area contributed by atoms with E-state index < -0.39 is 0 Å². The molecule has 2 amide bonds. The summed E-state index contributed by atoms with van der Waals surface area (Å²) in [4.78, 5) is 26.0. The van der Waals surface area contributed by atoms with E-state index in [1.807, 2.05) is 78.9 Å². The summed E-state index contributed by atoms with van der Waals surface area (Å²) in [5.41, 5.74) is 2.52. The van der Waals surface area contributed by atoms with E-state index in [-0.39, 0.29) is 18.2 Å². The van der Waals surface area contributed by atoms with Crippen LogP contribution in [0.2, 0.25) is 0 Å². The van der Waals surface area contributed by atoms with E-state index in [9.17, 15) is 9.59 Å². The third kappa shape index (κ3) is 4.82. The maximum Gasteiger partial charge on any atom is 0.228 e. The van der Waals surface area contributed by atoms with Gasteiger partial charge < -0.3 is 15.0 Å². The highest BCUT2D eigenvalue weighted by Crippen LogP contribution is 2.24. The van der Waals surface area contributed by atoms with Crippen molar-refractivity contribution in [2.75, 3.05) is 16.8 Å². The molecule has 0 aromatic heterocycles. The molecule has 0 radical (unpaired) electrons. The molecule has 1 aliphatic heterocycles. The fourth-order valence-electron chi connectivity index (χ4n) is 3.34. The second-order valence-corrected chi connectivity index (χ2v) is 6.98. The fraction of sp³-hybridized carbons (Fsp3) is 0.167. The number of para-hydroxylation sites is 1. The lowest BCUT2D eigenvalue weighted by atomic mass is 10.1. The van der Waals surface area contributed by atoms with Gasteiger partial charge in [-0.1, -0.05) is 30.3 Å². The number of hydrogen-bond donors (Lipinski definition) is 1. The molecule has 1 aliphatic rings. The molecule has 0 spiro atoms. The van der Waals surface area contributed by atoms with Crippen molar-refractivity contribution in [2.24, 2.45) is 0 Å². The molecule has 0 saturated carbocycles. The lowest BCUT2D eigenvalue weighted by Crippen LogP contribution is -2.23. The minimum atomic E-state index is -0.0910. The van der Waals surface area contributed by atoms with Crippen molar-refractivity contribution in [3.63, 3.8) is 0 Å². The van der Waals surface area contributed by atoms with E-state index in [0.717, 1.165) is 35.7 Å². The first-order valence-corrected chi connectivity index (χ1v) is 9.69. The summed E-state index contributed by atoms with van der Waals surface area (Å²) in [5, 5.41) is 2.90. The molecule has 0 unspecified atom stereocenters. The quantitative estimate of drug-likeness (QED) is 0.663. The van der Waals surface area contributed by atoms with Gasteiger partial charge in [-0.3, -0.25) is 9.59 Å². The van der Waals surface area contributed by atoms with Gasteiger partial charge in [-0.2, -0.15) is 0 Å². The molecule has 1 saturated heterocycles. The Morgan fingerprint density at radius 1 is 0.897 bits per heavy atom. The van der Waals surface area contributed by atoms with Crippen molar-refractivity contribution in [3.8, 4) is 11.5 Å². The normalized spacial score (nSPS) is 13.4. The highest BCUT2D eigenvalue weighted by Gasteiger charge is 2.21. The molecule has 5 heteroatoms. The van der Waals surface area contributed by atoms with Gasteiger partial charge in [-0.25, -0.2) is 0 Å². The van der Waals surface area contributed by atoms with Crippen LogP contribution in [0.3, 0.4) is 0 Å². The Morgan fingerprint density at radius 2 is 1.59 bits per heavy atom. The van der Waals surface area contributed by atoms with E-state index in [1.165, 1.54) is 0 Å². The van der Waals surface area contributed by atoms with E-state index in [1.54, 1.807) is 4.90 Å². The van der Waals surface area contributed by atoms with Gasteiger partial charge >= 0.3 is 0 Å². The topological polar surface area (TPSA) is 58.6 Å². The first-order valence-electron chi connectivity index (χ1n) is 9.69. The van der Waals surface area contributed by atoms with Crippen molar-refractivity contribution in [2.45, 2.75) is 19.3 Å². The number of hydrogen-bond acceptors (Lipinski definition) is 3. The average molecular weight is 386 g/mol. The molecule has 5 nitrogen and oxygen atoms in total. The minimum absolute atomic E-state index is 0.0910. The Labute approximate surface area is 169 Å². The number of carbonyl (C=O) groups excluding carboxylic acids is 2. The predicted octanol–water partition coefficient (Wildman–Crippen LogP) is 4.79. The molecule has 1 fully saturated rings. The van der Waals surface area contributed by atoms with Crippen LogP contribution in [-0.4, -0.2) is 18.4 Å². The second kappa shape index (κ2) is 8.61. The number of nitrogens with one attached hydrogen (secondary N) is 1. The highest BCUT2D eigenvalue weighted by atomic mass is 16.5. The van der Waals surface area contributed by atoms with Crippen molar-refractivity contribution in [1.82, 2.24) is 0 Å². The fourth-order valence-corrected chi connectivity index (χ4v) is 3.34. The van der Waals surface area contributed by atoms with Gasteiger partial charge in [-0.15, -0.1) is 0 Å².